The topological polar surface area (TPSA) is 47.3 Å². The van der Waals surface area contributed by atoms with Gasteiger partial charge < -0.3 is 15.8 Å². The van der Waals surface area contributed by atoms with Crippen molar-refractivity contribution in [2.24, 2.45) is 5.73 Å². The van der Waals surface area contributed by atoms with E-state index >= 15 is 0 Å². The summed E-state index contributed by atoms with van der Waals surface area (Å²) < 4.78 is 5.65. The Labute approximate surface area is 105 Å². The molecular weight excluding hydrogens is 212 g/mol. The first-order valence-electron chi connectivity index (χ1n) is 7.37. The fraction of sp³-hybridized carbons (Fsp3) is 1.00. The number of nitrogens with two attached hydrogens (primary N) is 1. The van der Waals surface area contributed by atoms with E-state index in [-0.39, 0.29) is 5.54 Å². The molecule has 2 rings (SSSR count). The Bertz CT molecular complexity index is 218. The first kappa shape index (κ1) is 13.3. The van der Waals surface area contributed by atoms with Crippen LogP contribution in [-0.2, 0) is 4.74 Å². The van der Waals surface area contributed by atoms with Gasteiger partial charge in [-0.15, -0.1) is 0 Å². The van der Waals surface area contributed by atoms with Crippen LogP contribution in [0.4, 0.5) is 0 Å². The Hall–Kier alpha value is -0.120. The SMILES string of the molecule is CCOC1CC(CN)(NC2CCCCCC2)C1. The molecule has 0 amide bonds. The van der Waals surface area contributed by atoms with Crippen molar-refractivity contribution in [3.8, 4) is 0 Å². The lowest BCUT2D eigenvalue weighted by atomic mass is 9.73. The monoisotopic (exact) mass is 240 g/mol. The Kier molecular flexibility index (Phi) is 4.83. The minimum atomic E-state index is 0.189. The van der Waals surface area contributed by atoms with E-state index in [0.717, 1.165) is 26.0 Å². The fourth-order valence-electron chi connectivity index (χ4n) is 3.37. The highest BCUT2D eigenvalue weighted by molar-refractivity contribution is 5.04. The summed E-state index contributed by atoms with van der Waals surface area (Å²) in [7, 11) is 0. The van der Waals surface area contributed by atoms with E-state index in [0.29, 0.717) is 12.1 Å². The fourth-order valence-corrected chi connectivity index (χ4v) is 3.37. The molecule has 3 heteroatoms. The zero-order valence-corrected chi connectivity index (χ0v) is 11.2. The van der Waals surface area contributed by atoms with Gasteiger partial charge in [0, 0.05) is 24.7 Å². The largest absolute Gasteiger partial charge is 0.378 e. The highest BCUT2D eigenvalue weighted by Gasteiger charge is 2.44. The second-order valence-corrected chi connectivity index (χ2v) is 5.80. The molecule has 2 saturated carbocycles. The highest BCUT2D eigenvalue weighted by Crippen LogP contribution is 2.35. The molecule has 2 aliphatic rings. The summed E-state index contributed by atoms with van der Waals surface area (Å²) in [5.74, 6) is 0. The van der Waals surface area contributed by atoms with Gasteiger partial charge in [-0.2, -0.15) is 0 Å². The molecular formula is C14H28N2O. The lowest BCUT2D eigenvalue weighted by molar-refractivity contribution is -0.0518. The van der Waals surface area contributed by atoms with Gasteiger partial charge in [0.2, 0.25) is 0 Å². The summed E-state index contributed by atoms with van der Waals surface area (Å²) in [5.41, 5.74) is 6.15. The van der Waals surface area contributed by atoms with E-state index in [1.165, 1.54) is 38.5 Å². The van der Waals surface area contributed by atoms with Crippen molar-refractivity contribution in [2.75, 3.05) is 13.2 Å². The summed E-state index contributed by atoms with van der Waals surface area (Å²) >= 11 is 0. The van der Waals surface area contributed by atoms with Crippen molar-refractivity contribution in [1.82, 2.24) is 5.32 Å². The minimum absolute atomic E-state index is 0.189. The molecule has 0 aromatic heterocycles. The minimum Gasteiger partial charge on any atom is -0.378 e. The molecule has 0 aliphatic heterocycles. The van der Waals surface area contributed by atoms with Crippen molar-refractivity contribution in [3.63, 3.8) is 0 Å². The molecule has 0 radical (unpaired) electrons. The molecule has 0 bridgehead atoms. The summed E-state index contributed by atoms with van der Waals surface area (Å²) in [6, 6.07) is 0.698. The number of nitrogens with one attached hydrogen (secondary N) is 1. The third-order valence-electron chi connectivity index (χ3n) is 4.40. The van der Waals surface area contributed by atoms with Crippen molar-refractivity contribution in [3.05, 3.63) is 0 Å². The maximum absolute atomic E-state index is 5.97. The van der Waals surface area contributed by atoms with Gasteiger partial charge in [0.05, 0.1) is 6.10 Å². The molecule has 0 saturated heterocycles. The smallest absolute Gasteiger partial charge is 0.0611 e. The van der Waals surface area contributed by atoms with Crippen LogP contribution >= 0.6 is 0 Å². The zero-order chi connectivity index (χ0) is 12.1. The van der Waals surface area contributed by atoms with Crippen LogP contribution in [0.2, 0.25) is 0 Å². The average Bonchev–Trinajstić information content (AvgIpc) is 2.54. The number of hydrogen-bond acceptors (Lipinski definition) is 3. The molecule has 17 heavy (non-hydrogen) atoms. The molecule has 0 aromatic rings. The molecule has 100 valence electrons. The Balaban J connectivity index is 1.79. The second kappa shape index (κ2) is 6.17. The van der Waals surface area contributed by atoms with Gasteiger partial charge in [0.1, 0.15) is 0 Å². The normalized spacial score (nSPS) is 35.3. The van der Waals surface area contributed by atoms with E-state index in [4.69, 9.17) is 10.5 Å². The number of ether oxygens (including phenoxy) is 1. The summed E-state index contributed by atoms with van der Waals surface area (Å²) in [6.07, 6.45) is 10.9. The van der Waals surface area contributed by atoms with Crippen LogP contribution in [0.3, 0.4) is 0 Å². The molecule has 0 aromatic carbocycles. The Morgan fingerprint density at radius 3 is 2.35 bits per heavy atom. The molecule has 2 aliphatic carbocycles. The van der Waals surface area contributed by atoms with Gasteiger partial charge in [0.25, 0.3) is 0 Å². The standard InChI is InChI=1S/C14H28N2O/c1-2-17-13-9-14(10-13,11-15)16-12-7-5-3-4-6-8-12/h12-13,16H,2-11,15H2,1H3. The number of hydrogen-bond donors (Lipinski definition) is 2. The van der Waals surface area contributed by atoms with Crippen LogP contribution in [0.25, 0.3) is 0 Å². The average molecular weight is 240 g/mol. The summed E-state index contributed by atoms with van der Waals surface area (Å²) in [4.78, 5) is 0. The third kappa shape index (κ3) is 3.43. The van der Waals surface area contributed by atoms with Crippen molar-refractivity contribution in [2.45, 2.75) is 76.0 Å². The maximum Gasteiger partial charge on any atom is 0.0611 e. The molecule has 0 heterocycles. The molecule has 0 unspecified atom stereocenters. The van der Waals surface area contributed by atoms with Crippen molar-refractivity contribution in [1.29, 1.82) is 0 Å². The maximum atomic E-state index is 5.97. The lowest BCUT2D eigenvalue weighted by Gasteiger charge is -2.49. The van der Waals surface area contributed by atoms with Crippen LogP contribution in [0, 0.1) is 0 Å². The van der Waals surface area contributed by atoms with E-state index in [1.54, 1.807) is 0 Å². The van der Waals surface area contributed by atoms with Crippen LogP contribution in [0.1, 0.15) is 58.3 Å². The van der Waals surface area contributed by atoms with Crippen LogP contribution in [0.5, 0.6) is 0 Å². The molecule has 3 nitrogen and oxygen atoms in total. The van der Waals surface area contributed by atoms with E-state index < -0.39 is 0 Å². The first-order chi connectivity index (χ1) is 8.28. The Morgan fingerprint density at radius 1 is 1.18 bits per heavy atom. The predicted octanol–water partition coefficient (Wildman–Crippen LogP) is 2.20. The summed E-state index contributed by atoms with van der Waals surface area (Å²) in [6.45, 7) is 3.66. The van der Waals surface area contributed by atoms with Crippen LogP contribution < -0.4 is 11.1 Å². The van der Waals surface area contributed by atoms with Crippen molar-refractivity contribution >= 4 is 0 Å². The molecule has 3 N–H and O–H groups in total. The van der Waals surface area contributed by atoms with E-state index in [9.17, 15) is 0 Å². The number of rotatable bonds is 5. The molecule has 2 fully saturated rings. The van der Waals surface area contributed by atoms with Crippen LogP contribution in [-0.4, -0.2) is 30.8 Å². The quantitative estimate of drug-likeness (QED) is 0.724. The second-order valence-electron chi connectivity index (χ2n) is 5.80. The first-order valence-corrected chi connectivity index (χ1v) is 7.37. The van der Waals surface area contributed by atoms with Gasteiger partial charge in [0.15, 0.2) is 0 Å². The zero-order valence-electron chi connectivity index (χ0n) is 11.2. The predicted molar refractivity (Wildman–Crippen MR) is 71.1 cm³/mol. The molecule has 0 spiro atoms. The summed E-state index contributed by atoms with van der Waals surface area (Å²) in [5, 5.41) is 3.84. The van der Waals surface area contributed by atoms with Gasteiger partial charge in [-0.05, 0) is 32.6 Å². The third-order valence-corrected chi connectivity index (χ3v) is 4.40. The Morgan fingerprint density at radius 2 is 1.82 bits per heavy atom. The van der Waals surface area contributed by atoms with Gasteiger partial charge >= 0.3 is 0 Å². The highest BCUT2D eigenvalue weighted by atomic mass is 16.5. The van der Waals surface area contributed by atoms with Crippen LogP contribution in [0.15, 0.2) is 0 Å². The lowest BCUT2D eigenvalue weighted by Crippen LogP contribution is -2.64. The van der Waals surface area contributed by atoms with Gasteiger partial charge in [-0.1, -0.05) is 25.7 Å². The van der Waals surface area contributed by atoms with Gasteiger partial charge in [-0.25, -0.2) is 0 Å². The van der Waals surface area contributed by atoms with E-state index in [1.807, 2.05) is 0 Å². The van der Waals surface area contributed by atoms with Gasteiger partial charge in [-0.3, -0.25) is 0 Å². The molecule has 0 atom stereocenters. The van der Waals surface area contributed by atoms with E-state index in [2.05, 4.69) is 12.2 Å². The van der Waals surface area contributed by atoms with Crippen molar-refractivity contribution < 1.29 is 4.74 Å².